The van der Waals surface area contributed by atoms with Gasteiger partial charge in [-0.15, -0.1) is 0 Å². The van der Waals surface area contributed by atoms with Crippen molar-refractivity contribution in [3.8, 4) is 0 Å². The number of nitrogens with one attached hydrogen (secondary N) is 1. The first kappa shape index (κ1) is 21.1. The van der Waals surface area contributed by atoms with E-state index in [9.17, 15) is 18.7 Å². The van der Waals surface area contributed by atoms with Crippen LogP contribution in [0.4, 0.5) is 13.6 Å². The zero-order valence-corrected chi connectivity index (χ0v) is 16.7. The van der Waals surface area contributed by atoms with Crippen molar-refractivity contribution in [1.29, 1.82) is 0 Å². The summed E-state index contributed by atoms with van der Waals surface area (Å²) in [6, 6.07) is 3.00. The molecule has 1 aromatic heterocycles. The number of fused-ring (bicyclic) bond motifs is 1. The summed E-state index contributed by atoms with van der Waals surface area (Å²) >= 11 is 0. The molecule has 2 heterocycles. The number of halogens is 2. The number of hydrogen-bond donors (Lipinski definition) is 2. The van der Waals surface area contributed by atoms with Crippen molar-refractivity contribution in [2.45, 2.75) is 45.7 Å². The van der Waals surface area contributed by atoms with Crippen LogP contribution in [0.1, 0.15) is 49.0 Å². The number of benzene rings is 1. The first-order chi connectivity index (χ1) is 13.9. The number of carbonyl (C=O) groups excluding carboxylic acids is 1. The Morgan fingerprint density at radius 2 is 2.14 bits per heavy atom. The van der Waals surface area contributed by atoms with Gasteiger partial charge in [-0.25, -0.2) is 23.5 Å². The van der Waals surface area contributed by atoms with Gasteiger partial charge in [0.25, 0.3) is 0 Å². The van der Waals surface area contributed by atoms with Gasteiger partial charge in [-0.1, -0.05) is 19.9 Å². The van der Waals surface area contributed by atoms with Gasteiger partial charge in [0.15, 0.2) is 11.6 Å². The summed E-state index contributed by atoms with van der Waals surface area (Å²) in [7, 11) is 0. The van der Waals surface area contributed by atoms with Gasteiger partial charge in [0.2, 0.25) is 0 Å². The SMILES string of the molecule is CC[C@@H](NC(=O)N1CCc2cnc(C[C@@H](C)CO)nc2C1)c1ccc(F)c(F)c1. The van der Waals surface area contributed by atoms with Crippen molar-refractivity contribution in [3.05, 3.63) is 58.7 Å². The molecule has 2 atom stereocenters. The van der Waals surface area contributed by atoms with Crippen LogP contribution < -0.4 is 5.32 Å². The summed E-state index contributed by atoms with van der Waals surface area (Å²) in [5, 5.41) is 12.1. The Kier molecular flexibility index (Phi) is 6.74. The van der Waals surface area contributed by atoms with E-state index in [4.69, 9.17) is 0 Å². The van der Waals surface area contributed by atoms with E-state index in [2.05, 4.69) is 15.3 Å². The maximum absolute atomic E-state index is 13.6. The van der Waals surface area contributed by atoms with Gasteiger partial charge >= 0.3 is 6.03 Å². The van der Waals surface area contributed by atoms with Crippen molar-refractivity contribution in [1.82, 2.24) is 20.2 Å². The minimum absolute atomic E-state index is 0.0668. The monoisotopic (exact) mass is 404 g/mol. The highest BCUT2D eigenvalue weighted by Crippen LogP contribution is 2.22. The minimum atomic E-state index is -0.927. The molecule has 0 bridgehead atoms. The number of aliphatic hydroxyl groups excluding tert-OH is 1. The summed E-state index contributed by atoms with van der Waals surface area (Å²) in [4.78, 5) is 23.4. The van der Waals surface area contributed by atoms with E-state index in [1.54, 1.807) is 11.1 Å². The normalized spacial score (nSPS) is 15.6. The molecule has 29 heavy (non-hydrogen) atoms. The topological polar surface area (TPSA) is 78.4 Å². The Morgan fingerprint density at radius 3 is 2.83 bits per heavy atom. The molecule has 0 saturated carbocycles. The van der Waals surface area contributed by atoms with Crippen LogP contribution in [0.15, 0.2) is 24.4 Å². The fraction of sp³-hybridized carbons (Fsp3) is 0.476. The van der Waals surface area contributed by atoms with Crippen LogP contribution in [0.25, 0.3) is 0 Å². The van der Waals surface area contributed by atoms with Crippen LogP contribution in [-0.4, -0.2) is 39.2 Å². The van der Waals surface area contributed by atoms with E-state index < -0.39 is 17.7 Å². The maximum Gasteiger partial charge on any atom is 0.318 e. The molecule has 156 valence electrons. The second-order valence-corrected chi connectivity index (χ2v) is 7.51. The highest BCUT2D eigenvalue weighted by atomic mass is 19.2. The first-order valence-electron chi connectivity index (χ1n) is 9.86. The van der Waals surface area contributed by atoms with E-state index in [-0.39, 0.29) is 18.6 Å². The molecular weight excluding hydrogens is 378 g/mol. The zero-order chi connectivity index (χ0) is 21.0. The Labute approximate surface area is 169 Å². The number of aromatic nitrogens is 2. The summed E-state index contributed by atoms with van der Waals surface area (Å²) in [5.41, 5.74) is 2.35. The van der Waals surface area contributed by atoms with Gasteiger partial charge in [0.05, 0.1) is 18.3 Å². The van der Waals surface area contributed by atoms with Crippen LogP contribution in [-0.2, 0) is 19.4 Å². The largest absolute Gasteiger partial charge is 0.396 e. The first-order valence-corrected chi connectivity index (χ1v) is 9.86. The molecule has 0 radical (unpaired) electrons. The molecule has 3 rings (SSSR count). The third-order valence-electron chi connectivity index (χ3n) is 5.18. The molecular formula is C21H26F2N4O2. The van der Waals surface area contributed by atoms with Crippen LogP contribution in [0.2, 0.25) is 0 Å². The Hall–Kier alpha value is -2.61. The summed E-state index contributed by atoms with van der Waals surface area (Å²) in [6.07, 6.45) is 3.57. The minimum Gasteiger partial charge on any atom is -0.396 e. The second kappa shape index (κ2) is 9.26. The van der Waals surface area contributed by atoms with Crippen LogP contribution >= 0.6 is 0 Å². The summed E-state index contributed by atoms with van der Waals surface area (Å²) in [5.74, 6) is -1.12. The molecule has 2 N–H and O–H groups in total. The number of urea groups is 1. The van der Waals surface area contributed by atoms with Crippen LogP contribution in [0.3, 0.4) is 0 Å². The predicted octanol–water partition coefficient (Wildman–Crippen LogP) is 3.14. The number of amides is 2. The Morgan fingerprint density at radius 1 is 1.34 bits per heavy atom. The Bertz CT molecular complexity index is 878. The van der Waals surface area contributed by atoms with Crippen LogP contribution in [0, 0.1) is 17.6 Å². The third-order valence-corrected chi connectivity index (χ3v) is 5.18. The number of aliphatic hydroxyl groups is 1. The van der Waals surface area contributed by atoms with Crippen molar-refractivity contribution in [2.75, 3.05) is 13.2 Å². The van der Waals surface area contributed by atoms with Crippen LogP contribution in [0.5, 0.6) is 0 Å². The van der Waals surface area contributed by atoms with Gasteiger partial charge in [-0.2, -0.15) is 0 Å². The molecule has 2 aromatic rings. The Balaban J connectivity index is 1.69. The average molecular weight is 404 g/mol. The van der Waals surface area contributed by atoms with Gasteiger partial charge in [0, 0.05) is 25.8 Å². The van der Waals surface area contributed by atoms with E-state index in [0.717, 1.165) is 23.4 Å². The van der Waals surface area contributed by atoms with E-state index in [1.807, 2.05) is 13.8 Å². The standard InChI is InChI=1S/C21H26F2N4O2/c1-3-18(14-4-5-16(22)17(23)9-14)26-21(29)27-7-6-15-10-24-20(8-13(2)12-28)25-19(15)11-27/h4-5,9-10,13,18,28H,3,6-8,11-12H2,1-2H3,(H,26,29)/t13-,18-/m1/s1. The average Bonchev–Trinajstić information content (AvgIpc) is 2.73. The number of hydrogen-bond acceptors (Lipinski definition) is 4. The molecule has 1 aromatic carbocycles. The van der Waals surface area contributed by atoms with Gasteiger partial charge in [-0.05, 0) is 42.0 Å². The molecule has 0 aliphatic carbocycles. The fourth-order valence-electron chi connectivity index (χ4n) is 3.38. The second-order valence-electron chi connectivity index (χ2n) is 7.51. The lowest BCUT2D eigenvalue weighted by Gasteiger charge is -2.30. The number of carbonyl (C=O) groups is 1. The van der Waals surface area contributed by atoms with E-state index >= 15 is 0 Å². The molecule has 6 nitrogen and oxygen atoms in total. The van der Waals surface area contributed by atoms with Gasteiger partial charge in [0.1, 0.15) is 5.82 Å². The molecule has 0 fully saturated rings. The van der Waals surface area contributed by atoms with Crippen molar-refractivity contribution < 1.29 is 18.7 Å². The number of nitrogens with zero attached hydrogens (tertiary/aromatic N) is 3. The van der Waals surface area contributed by atoms with Crippen molar-refractivity contribution >= 4 is 6.03 Å². The van der Waals surface area contributed by atoms with Crippen molar-refractivity contribution in [2.24, 2.45) is 5.92 Å². The molecule has 8 heteroatoms. The number of rotatable bonds is 6. The van der Waals surface area contributed by atoms with Crippen molar-refractivity contribution in [3.63, 3.8) is 0 Å². The highest BCUT2D eigenvalue weighted by Gasteiger charge is 2.25. The van der Waals surface area contributed by atoms with Gasteiger partial charge in [-0.3, -0.25) is 0 Å². The zero-order valence-electron chi connectivity index (χ0n) is 16.7. The maximum atomic E-state index is 13.6. The third kappa shape index (κ3) is 5.06. The smallest absolute Gasteiger partial charge is 0.318 e. The van der Waals surface area contributed by atoms with E-state index in [0.29, 0.717) is 43.7 Å². The molecule has 2 amide bonds. The molecule has 0 unspecified atom stereocenters. The molecule has 0 saturated heterocycles. The quantitative estimate of drug-likeness (QED) is 0.775. The molecule has 1 aliphatic heterocycles. The summed E-state index contributed by atoms with van der Waals surface area (Å²) in [6.45, 7) is 4.75. The predicted molar refractivity (Wildman–Crippen MR) is 104 cm³/mol. The van der Waals surface area contributed by atoms with Gasteiger partial charge < -0.3 is 15.3 Å². The molecule has 0 spiro atoms. The molecule has 1 aliphatic rings. The summed E-state index contributed by atoms with van der Waals surface area (Å²) < 4.78 is 26.8. The highest BCUT2D eigenvalue weighted by molar-refractivity contribution is 5.75. The van der Waals surface area contributed by atoms with E-state index in [1.165, 1.54) is 6.07 Å². The lowest BCUT2D eigenvalue weighted by Crippen LogP contribution is -2.44. The fourth-order valence-corrected chi connectivity index (χ4v) is 3.38. The lowest BCUT2D eigenvalue weighted by atomic mass is 10.0. The lowest BCUT2D eigenvalue weighted by molar-refractivity contribution is 0.186.